The number of fused-ring (bicyclic) bond motifs is 1. The monoisotopic (exact) mass is 393 g/mol. The van der Waals surface area contributed by atoms with E-state index in [1.165, 1.54) is 17.5 Å². The summed E-state index contributed by atoms with van der Waals surface area (Å²) in [6, 6.07) is 9.26. The van der Waals surface area contributed by atoms with Crippen molar-refractivity contribution in [2.45, 2.75) is 36.6 Å². The van der Waals surface area contributed by atoms with Crippen LogP contribution < -0.4 is 5.32 Å². The maximum Gasteiger partial charge on any atom is 0.243 e. The van der Waals surface area contributed by atoms with Gasteiger partial charge in [0.15, 0.2) is 0 Å². The minimum absolute atomic E-state index is 0. The van der Waals surface area contributed by atoms with Gasteiger partial charge in [-0.05, 0) is 60.6 Å². The van der Waals surface area contributed by atoms with Crippen molar-refractivity contribution in [1.29, 1.82) is 0 Å². The lowest BCUT2D eigenvalue weighted by Gasteiger charge is -2.35. The molecule has 2 heterocycles. The number of hydrogen-bond acceptors (Lipinski definition) is 4. The van der Waals surface area contributed by atoms with Gasteiger partial charge in [-0.25, -0.2) is 8.42 Å². The molecule has 26 heavy (non-hydrogen) atoms. The molecule has 0 spiro atoms. The SMILES string of the molecule is Cl.O=S(=O)(c1ccc2c(c1)CCCC2)N1CCNCC1c1cccnc1. The molecular formula is C19H24ClN3O2S. The molecule has 1 aromatic heterocycles. The standard InChI is InChI=1S/C19H23N3O2S.ClH/c23-25(24,18-8-7-15-4-1-2-5-16(15)12-18)22-11-10-21-14-19(22)17-6-3-9-20-13-17;/h3,6-9,12-13,19,21H,1-2,4-5,10-11,14H2;1H. The molecule has 0 saturated carbocycles. The predicted molar refractivity (Wildman–Crippen MR) is 104 cm³/mol. The second-order valence-electron chi connectivity index (χ2n) is 6.76. The Hall–Kier alpha value is -1.47. The number of aromatic nitrogens is 1. The van der Waals surface area contributed by atoms with Crippen LogP contribution in [0.4, 0.5) is 0 Å². The van der Waals surface area contributed by atoms with Crippen LogP contribution in [0.5, 0.6) is 0 Å². The largest absolute Gasteiger partial charge is 0.313 e. The molecule has 1 N–H and O–H groups in total. The fraction of sp³-hybridized carbons (Fsp3) is 0.421. The van der Waals surface area contributed by atoms with Crippen molar-refractivity contribution < 1.29 is 8.42 Å². The summed E-state index contributed by atoms with van der Waals surface area (Å²) in [5.74, 6) is 0. The van der Waals surface area contributed by atoms with E-state index in [0.717, 1.165) is 24.8 Å². The highest BCUT2D eigenvalue weighted by atomic mass is 35.5. The van der Waals surface area contributed by atoms with Crippen LogP contribution in [0.25, 0.3) is 0 Å². The third-order valence-electron chi connectivity index (χ3n) is 5.19. The van der Waals surface area contributed by atoms with E-state index in [4.69, 9.17) is 0 Å². The molecule has 0 radical (unpaired) electrons. The second kappa shape index (κ2) is 8.05. The lowest BCUT2D eigenvalue weighted by atomic mass is 9.92. The van der Waals surface area contributed by atoms with Gasteiger partial charge in [-0.15, -0.1) is 12.4 Å². The molecular weight excluding hydrogens is 370 g/mol. The molecule has 1 atom stereocenters. The highest BCUT2D eigenvalue weighted by Crippen LogP contribution is 2.31. The molecule has 1 fully saturated rings. The normalized spacial score (nSPS) is 20.8. The maximum atomic E-state index is 13.3. The van der Waals surface area contributed by atoms with Gasteiger partial charge in [-0.2, -0.15) is 4.31 Å². The van der Waals surface area contributed by atoms with E-state index < -0.39 is 10.0 Å². The molecule has 1 aromatic carbocycles. The van der Waals surface area contributed by atoms with Crippen LogP contribution in [0.2, 0.25) is 0 Å². The van der Waals surface area contributed by atoms with Crippen molar-refractivity contribution in [3.63, 3.8) is 0 Å². The third-order valence-corrected chi connectivity index (χ3v) is 7.09. The van der Waals surface area contributed by atoms with Crippen LogP contribution >= 0.6 is 12.4 Å². The van der Waals surface area contributed by atoms with E-state index in [1.807, 2.05) is 24.3 Å². The van der Waals surface area contributed by atoms with Crippen molar-refractivity contribution in [3.05, 3.63) is 59.4 Å². The number of rotatable bonds is 3. The first-order chi connectivity index (χ1) is 12.2. The molecule has 5 nitrogen and oxygen atoms in total. The molecule has 0 bridgehead atoms. The van der Waals surface area contributed by atoms with E-state index in [2.05, 4.69) is 10.3 Å². The Morgan fingerprint density at radius 3 is 2.69 bits per heavy atom. The predicted octanol–water partition coefficient (Wildman–Crippen LogP) is 2.72. The molecule has 0 amide bonds. The number of nitrogens with zero attached hydrogens (tertiary/aromatic N) is 2. The smallest absolute Gasteiger partial charge is 0.243 e. The Morgan fingerprint density at radius 1 is 1.12 bits per heavy atom. The fourth-order valence-corrected chi connectivity index (χ4v) is 5.50. The highest BCUT2D eigenvalue weighted by molar-refractivity contribution is 7.89. The molecule has 7 heteroatoms. The summed E-state index contributed by atoms with van der Waals surface area (Å²) in [5.41, 5.74) is 3.42. The number of aryl methyl sites for hydroxylation is 2. The summed E-state index contributed by atoms with van der Waals surface area (Å²) < 4.78 is 28.3. The molecule has 1 saturated heterocycles. The van der Waals surface area contributed by atoms with Crippen LogP contribution in [0.1, 0.15) is 35.6 Å². The summed E-state index contributed by atoms with van der Waals surface area (Å²) in [5, 5.41) is 3.30. The van der Waals surface area contributed by atoms with Crippen LogP contribution in [0, 0.1) is 0 Å². The Balaban J connectivity index is 0.00000196. The number of hydrogen-bond donors (Lipinski definition) is 1. The van der Waals surface area contributed by atoms with Gasteiger partial charge in [-0.3, -0.25) is 4.98 Å². The average Bonchev–Trinajstić information content (AvgIpc) is 2.68. The Morgan fingerprint density at radius 2 is 1.92 bits per heavy atom. The van der Waals surface area contributed by atoms with Gasteiger partial charge in [0.05, 0.1) is 10.9 Å². The van der Waals surface area contributed by atoms with E-state index in [1.54, 1.807) is 22.8 Å². The van der Waals surface area contributed by atoms with Crippen molar-refractivity contribution >= 4 is 22.4 Å². The average molecular weight is 394 g/mol. The second-order valence-corrected chi connectivity index (χ2v) is 8.65. The lowest BCUT2D eigenvalue weighted by molar-refractivity contribution is 0.271. The highest BCUT2D eigenvalue weighted by Gasteiger charge is 2.34. The van der Waals surface area contributed by atoms with Crippen LogP contribution in [0.15, 0.2) is 47.6 Å². The summed E-state index contributed by atoms with van der Waals surface area (Å²) in [6.07, 6.45) is 7.84. The Bertz CT molecular complexity index is 858. The van der Waals surface area contributed by atoms with Gasteiger partial charge in [0, 0.05) is 32.0 Å². The quantitative estimate of drug-likeness (QED) is 0.870. The summed E-state index contributed by atoms with van der Waals surface area (Å²) in [4.78, 5) is 4.58. The van der Waals surface area contributed by atoms with Gasteiger partial charge >= 0.3 is 0 Å². The Kier molecular flexibility index (Phi) is 5.97. The number of piperazine rings is 1. The first kappa shape index (κ1) is 19.3. The number of halogens is 1. The number of nitrogens with one attached hydrogen (secondary N) is 1. The summed E-state index contributed by atoms with van der Waals surface area (Å²) >= 11 is 0. The fourth-order valence-electron chi connectivity index (χ4n) is 3.84. The molecule has 2 aromatic rings. The summed E-state index contributed by atoms with van der Waals surface area (Å²) in [7, 11) is -3.53. The van der Waals surface area contributed by atoms with Gasteiger partial charge in [0.25, 0.3) is 0 Å². The van der Waals surface area contributed by atoms with Crippen molar-refractivity contribution in [2.75, 3.05) is 19.6 Å². The topological polar surface area (TPSA) is 62.3 Å². The maximum absolute atomic E-state index is 13.3. The zero-order chi connectivity index (χ0) is 17.3. The van der Waals surface area contributed by atoms with Gasteiger partial charge < -0.3 is 5.32 Å². The van der Waals surface area contributed by atoms with Crippen LogP contribution in [-0.4, -0.2) is 37.3 Å². The first-order valence-electron chi connectivity index (χ1n) is 8.90. The first-order valence-corrected chi connectivity index (χ1v) is 10.3. The molecule has 1 unspecified atom stereocenters. The third kappa shape index (κ3) is 3.64. The van der Waals surface area contributed by atoms with E-state index >= 15 is 0 Å². The Labute approximate surface area is 161 Å². The van der Waals surface area contributed by atoms with Crippen molar-refractivity contribution in [3.8, 4) is 0 Å². The van der Waals surface area contributed by atoms with E-state index in [0.29, 0.717) is 24.5 Å². The minimum Gasteiger partial charge on any atom is -0.313 e. The lowest BCUT2D eigenvalue weighted by Crippen LogP contribution is -2.48. The summed E-state index contributed by atoms with van der Waals surface area (Å²) in [6.45, 7) is 1.75. The van der Waals surface area contributed by atoms with Gasteiger partial charge in [0.2, 0.25) is 10.0 Å². The molecule has 1 aliphatic carbocycles. The molecule has 140 valence electrons. The number of sulfonamides is 1. The minimum atomic E-state index is -3.53. The van der Waals surface area contributed by atoms with Crippen molar-refractivity contribution in [2.24, 2.45) is 0 Å². The van der Waals surface area contributed by atoms with E-state index in [9.17, 15) is 8.42 Å². The van der Waals surface area contributed by atoms with Crippen molar-refractivity contribution in [1.82, 2.24) is 14.6 Å². The van der Waals surface area contributed by atoms with Crippen LogP contribution in [-0.2, 0) is 22.9 Å². The molecule has 1 aliphatic heterocycles. The molecule has 2 aliphatic rings. The number of pyridine rings is 1. The van der Waals surface area contributed by atoms with Gasteiger partial charge in [-0.1, -0.05) is 12.1 Å². The number of benzene rings is 1. The van der Waals surface area contributed by atoms with Gasteiger partial charge in [0.1, 0.15) is 0 Å². The zero-order valence-corrected chi connectivity index (χ0v) is 16.2. The van der Waals surface area contributed by atoms with E-state index in [-0.39, 0.29) is 18.4 Å². The zero-order valence-electron chi connectivity index (χ0n) is 14.6. The molecule has 4 rings (SSSR count). The van der Waals surface area contributed by atoms with Crippen LogP contribution in [0.3, 0.4) is 0 Å².